The molecule has 32 heavy (non-hydrogen) atoms. The molecule has 2 aromatic rings. The summed E-state index contributed by atoms with van der Waals surface area (Å²) < 4.78 is 43.1. The molecule has 2 heterocycles. The van der Waals surface area contributed by atoms with Gasteiger partial charge in [-0.2, -0.15) is 13.2 Å². The van der Waals surface area contributed by atoms with Crippen molar-refractivity contribution in [1.29, 1.82) is 0 Å². The molecule has 0 radical (unpaired) electrons. The summed E-state index contributed by atoms with van der Waals surface area (Å²) in [5.74, 6) is 0.0618. The molecule has 2 fully saturated rings. The molecule has 1 spiro atoms. The number of nitrogens with zero attached hydrogens (tertiary/aromatic N) is 2. The zero-order valence-electron chi connectivity index (χ0n) is 17.5. The Morgan fingerprint density at radius 2 is 1.66 bits per heavy atom. The van der Waals surface area contributed by atoms with Crippen LogP contribution in [0, 0.1) is 5.41 Å². The highest BCUT2D eigenvalue weighted by atomic mass is 19.4. The van der Waals surface area contributed by atoms with Crippen molar-refractivity contribution in [2.24, 2.45) is 5.41 Å². The Labute approximate surface area is 183 Å². The van der Waals surface area contributed by atoms with Crippen LogP contribution in [0.3, 0.4) is 0 Å². The topological polar surface area (TPSA) is 71.8 Å². The number of carbonyl (C=O) groups excluding carboxylic acids is 1. The number of hydrogen-bond acceptors (Lipinski definition) is 4. The van der Waals surface area contributed by atoms with Gasteiger partial charge in [0.1, 0.15) is 5.75 Å². The lowest BCUT2D eigenvalue weighted by Crippen LogP contribution is -2.46. The molecule has 1 aliphatic heterocycles. The fraction of sp³-hybridized carbons (Fsp3) is 0.478. The molecule has 1 amide bonds. The predicted molar refractivity (Wildman–Crippen MR) is 112 cm³/mol. The number of rotatable bonds is 5. The summed E-state index contributed by atoms with van der Waals surface area (Å²) in [6, 6.07) is 10.9. The lowest BCUT2D eigenvalue weighted by atomic mass is 9.67. The molecular weight excluding hydrogens is 425 g/mol. The number of aliphatic hydroxyl groups is 1. The minimum atomic E-state index is -4.41. The average Bonchev–Trinajstić information content (AvgIpc) is 3.07. The number of anilines is 1. The van der Waals surface area contributed by atoms with Crippen molar-refractivity contribution in [1.82, 2.24) is 4.57 Å². The molecule has 9 heteroatoms. The van der Waals surface area contributed by atoms with Crippen LogP contribution in [0.1, 0.15) is 32.1 Å². The third-order valence-corrected chi connectivity index (χ3v) is 6.57. The van der Waals surface area contributed by atoms with Crippen LogP contribution in [-0.4, -0.2) is 40.5 Å². The number of pyridine rings is 1. The fourth-order valence-corrected chi connectivity index (χ4v) is 4.68. The molecule has 1 saturated carbocycles. The first kappa shape index (κ1) is 22.4. The molecule has 1 N–H and O–H groups in total. The van der Waals surface area contributed by atoms with Crippen LogP contribution in [0.15, 0.2) is 53.5 Å². The van der Waals surface area contributed by atoms with Gasteiger partial charge < -0.3 is 19.3 Å². The van der Waals surface area contributed by atoms with E-state index in [9.17, 15) is 27.9 Å². The van der Waals surface area contributed by atoms with E-state index < -0.39 is 23.8 Å². The van der Waals surface area contributed by atoms with Crippen molar-refractivity contribution in [2.75, 3.05) is 18.1 Å². The van der Waals surface area contributed by atoms with Gasteiger partial charge in [0.25, 0.3) is 5.56 Å². The van der Waals surface area contributed by atoms with E-state index in [2.05, 4.69) is 0 Å². The quantitative estimate of drug-likeness (QED) is 0.757. The zero-order chi connectivity index (χ0) is 23.0. The molecule has 1 aliphatic carbocycles. The van der Waals surface area contributed by atoms with Gasteiger partial charge in [-0.25, -0.2) is 0 Å². The second kappa shape index (κ2) is 8.27. The summed E-state index contributed by atoms with van der Waals surface area (Å²) in [5, 5.41) is 11.0. The van der Waals surface area contributed by atoms with Crippen molar-refractivity contribution < 1.29 is 27.8 Å². The van der Waals surface area contributed by atoms with Crippen LogP contribution in [0.5, 0.6) is 5.75 Å². The molecule has 2 aliphatic rings. The van der Waals surface area contributed by atoms with E-state index in [4.69, 9.17) is 4.74 Å². The summed E-state index contributed by atoms with van der Waals surface area (Å²) in [4.78, 5) is 26.9. The standard InChI is InChI=1S/C23H25F3N2O4/c24-23(25,26)16-32-18-6-4-17(5-7-18)28-14-12-21(20(28)30)8-10-22(31,11-9-21)15-27-13-2-1-3-19(27)29/h1-7,13,31H,8-12,14-16H2. The maximum atomic E-state index is 13.3. The Morgan fingerprint density at radius 1 is 0.969 bits per heavy atom. The smallest absolute Gasteiger partial charge is 0.422 e. The van der Waals surface area contributed by atoms with Crippen molar-refractivity contribution in [3.05, 3.63) is 59.0 Å². The first-order valence-corrected chi connectivity index (χ1v) is 10.6. The van der Waals surface area contributed by atoms with Gasteiger partial charge >= 0.3 is 6.18 Å². The van der Waals surface area contributed by atoms with E-state index >= 15 is 0 Å². The fourth-order valence-electron chi connectivity index (χ4n) is 4.68. The van der Waals surface area contributed by atoms with Crippen molar-refractivity contribution in [3.8, 4) is 5.75 Å². The zero-order valence-corrected chi connectivity index (χ0v) is 17.5. The number of amides is 1. The SMILES string of the molecule is O=C1N(c2ccc(OCC(F)(F)F)cc2)CCC12CCC(O)(Cn1ccccc1=O)CC2. The predicted octanol–water partition coefficient (Wildman–Crippen LogP) is 3.52. The summed E-state index contributed by atoms with van der Waals surface area (Å²) in [6.07, 6.45) is -0.238. The van der Waals surface area contributed by atoms with E-state index in [0.29, 0.717) is 44.3 Å². The molecule has 0 bridgehead atoms. The van der Waals surface area contributed by atoms with Gasteiger partial charge in [-0.15, -0.1) is 0 Å². The Morgan fingerprint density at radius 3 is 2.28 bits per heavy atom. The molecule has 6 nitrogen and oxygen atoms in total. The first-order valence-electron chi connectivity index (χ1n) is 10.6. The second-order valence-corrected chi connectivity index (χ2v) is 8.78. The van der Waals surface area contributed by atoms with Crippen molar-refractivity contribution >= 4 is 11.6 Å². The largest absolute Gasteiger partial charge is 0.484 e. The van der Waals surface area contributed by atoms with Crippen molar-refractivity contribution in [2.45, 2.75) is 50.4 Å². The Kier molecular flexibility index (Phi) is 5.79. The highest BCUT2D eigenvalue weighted by Crippen LogP contribution is 2.49. The maximum absolute atomic E-state index is 13.3. The van der Waals surface area contributed by atoms with Gasteiger partial charge in [-0.05, 0) is 62.4 Å². The molecule has 0 atom stereocenters. The molecular formula is C23H25F3N2O4. The van der Waals surface area contributed by atoms with Gasteiger partial charge in [-0.3, -0.25) is 9.59 Å². The second-order valence-electron chi connectivity index (χ2n) is 8.78. The van der Waals surface area contributed by atoms with Gasteiger partial charge in [0.15, 0.2) is 6.61 Å². The van der Waals surface area contributed by atoms with Crippen LogP contribution < -0.4 is 15.2 Å². The molecule has 1 aromatic carbocycles. The third kappa shape index (κ3) is 4.67. The third-order valence-electron chi connectivity index (χ3n) is 6.57. The molecule has 4 rings (SSSR count). The highest BCUT2D eigenvalue weighted by molar-refractivity contribution is 6.00. The Balaban J connectivity index is 1.39. The highest BCUT2D eigenvalue weighted by Gasteiger charge is 2.51. The van der Waals surface area contributed by atoms with Crippen molar-refractivity contribution in [3.63, 3.8) is 0 Å². The van der Waals surface area contributed by atoms with Crippen LogP contribution in [0.4, 0.5) is 18.9 Å². The summed E-state index contributed by atoms with van der Waals surface area (Å²) in [6.45, 7) is -0.658. The number of benzene rings is 1. The van der Waals surface area contributed by atoms with Gasteiger partial charge in [0, 0.05) is 24.5 Å². The number of carbonyl (C=O) groups is 1. The van der Waals surface area contributed by atoms with Crippen LogP contribution in [-0.2, 0) is 11.3 Å². The molecule has 0 unspecified atom stereocenters. The van der Waals surface area contributed by atoms with E-state index in [1.807, 2.05) is 0 Å². The lowest BCUT2D eigenvalue weighted by Gasteiger charge is -2.41. The number of alkyl halides is 3. The van der Waals surface area contributed by atoms with Crippen LogP contribution in [0.2, 0.25) is 0 Å². The van der Waals surface area contributed by atoms with E-state index in [-0.39, 0.29) is 23.8 Å². The Hall–Kier alpha value is -2.81. The van der Waals surface area contributed by atoms with Gasteiger partial charge in [-0.1, -0.05) is 6.07 Å². The van der Waals surface area contributed by atoms with Crippen LogP contribution >= 0.6 is 0 Å². The number of hydrogen-bond donors (Lipinski definition) is 1. The molecule has 1 saturated heterocycles. The number of halogens is 3. The summed E-state index contributed by atoms with van der Waals surface area (Å²) >= 11 is 0. The normalized spacial score (nSPS) is 26.0. The Bertz CT molecular complexity index is 1020. The monoisotopic (exact) mass is 450 g/mol. The average molecular weight is 450 g/mol. The van der Waals surface area contributed by atoms with Gasteiger partial charge in [0.2, 0.25) is 5.91 Å². The van der Waals surface area contributed by atoms with Crippen LogP contribution in [0.25, 0.3) is 0 Å². The van der Waals surface area contributed by atoms with Gasteiger partial charge in [0.05, 0.1) is 17.6 Å². The maximum Gasteiger partial charge on any atom is 0.422 e. The minimum absolute atomic E-state index is 0.0274. The van der Waals surface area contributed by atoms with E-state index in [0.717, 1.165) is 0 Å². The number of aromatic nitrogens is 1. The lowest BCUT2D eigenvalue weighted by molar-refractivity contribution is -0.153. The van der Waals surface area contributed by atoms with E-state index in [1.165, 1.54) is 22.8 Å². The first-order chi connectivity index (χ1) is 15.1. The summed E-state index contributed by atoms with van der Waals surface area (Å²) in [5.41, 5.74) is -1.16. The summed E-state index contributed by atoms with van der Waals surface area (Å²) in [7, 11) is 0. The molecule has 172 valence electrons. The molecule has 1 aromatic heterocycles. The van der Waals surface area contributed by atoms with E-state index in [1.54, 1.807) is 35.4 Å². The number of ether oxygens (including phenoxy) is 1. The minimum Gasteiger partial charge on any atom is -0.484 e.